The molecule has 0 aliphatic carbocycles. The first-order valence-corrected chi connectivity index (χ1v) is 6.36. The zero-order chi connectivity index (χ0) is 12.1. The van der Waals surface area contributed by atoms with Gasteiger partial charge in [0.2, 0.25) is 0 Å². The molecule has 4 nitrogen and oxygen atoms in total. The van der Waals surface area contributed by atoms with Gasteiger partial charge in [0.05, 0.1) is 11.1 Å². The second kappa shape index (κ2) is 6.32. The van der Waals surface area contributed by atoms with E-state index in [2.05, 4.69) is 36.8 Å². The average Bonchev–Trinajstić information content (AvgIpc) is 2.25. The highest BCUT2D eigenvalue weighted by Gasteiger charge is 2.17. The van der Waals surface area contributed by atoms with E-state index in [0.717, 1.165) is 10.0 Å². The zero-order valence-electron chi connectivity index (χ0n) is 8.74. The molecule has 0 saturated heterocycles. The maximum Gasteiger partial charge on any atom is 0.323 e. The van der Waals surface area contributed by atoms with E-state index >= 15 is 0 Å². The van der Waals surface area contributed by atoms with Crippen LogP contribution in [0.15, 0.2) is 21.3 Å². The molecule has 1 aromatic rings. The fourth-order valence-corrected chi connectivity index (χ4v) is 1.95. The van der Waals surface area contributed by atoms with Gasteiger partial charge in [-0.3, -0.25) is 4.79 Å². The van der Waals surface area contributed by atoms with Crippen LogP contribution in [-0.4, -0.2) is 23.6 Å². The summed E-state index contributed by atoms with van der Waals surface area (Å²) in [5.74, 6) is -0.387. The molecule has 88 valence electrons. The topological polar surface area (TPSA) is 65.2 Å². The Morgan fingerprint density at radius 1 is 1.62 bits per heavy atom. The molecule has 0 aliphatic heterocycles. The van der Waals surface area contributed by atoms with Gasteiger partial charge in [-0.25, -0.2) is 4.98 Å². The number of rotatable bonds is 4. The molecule has 2 N–H and O–H groups in total. The molecule has 16 heavy (non-hydrogen) atoms. The van der Waals surface area contributed by atoms with Gasteiger partial charge in [0, 0.05) is 6.20 Å². The molecule has 0 bridgehead atoms. The van der Waals surface area contributed by atoms with E-state index < -0.39 is 6.04 Å². The summed E-state index contributed by atoms with van der Waals surface area (Å²) >= 11 is 6.67. The third-order valence-electron chi connectivity index (χ3n) is 1.96. The largest absolute Gasteiger partial charge is 0.465 e. The van der Waals surface area contributed by atoms with E-state index in [1.54, 1.807) is 13.1 Å². The summed E-state index contributed by atoms with van der Waals surface area (Å²) in [6, 6.07) is 1.17. The van der Waals surface area contributed by atoms with Crippen molar-refractivity contribution < 1.29 is 9.53 Å². The molecule has 0 spiro atoms. The highest BCUT2D eigenvalue weighted by atomic mass is 79.9. The number of hydrogen-bond acceptors (Lipinski definition) is 4. The van der Waals surface area contributed by atoms with Gasteiger partial charge in [-0.2, -0.15) is 0 Å². The van der Waals surface area contributed by atoms with Crippen LogP contribution in [0.3, 0.4) is 0 Å². The Labute approximate surface area is 111 Å². The highest BCUT2D eigenvalue weighted by molar-refractivity contribution is 9.13. The smallest absolute Gasteiger partial charge is 0.323 e. The van der Waals surface area contributed by atoms with Gasteiger partial charge in [-0.1, -0.05) is 0 Å². The SMILES string of the molecule is CCOC(=O)C(N)Cc1ccnc(Br)c1Br. The Kier molecular flexibility index (Phi) is 5.37. The van der Waals surface area contributed by atoms with Gasteiger partial charge in [0.15, 0.2) is 0 Å². The Hall–Kier alpha value is -0.460. The van der Waals surface area contributed by atoms with Crippen molar-refractivity contribution in [3.05, 3.63) is 26.9 Å². The minimum absolute atomic E-state index is 0.341. The Bertz CT molecular complexity index is 385. The lowest BCUT2D eigenvalue weighted by Gasteiger charge is -2.11. The molecule has 0 amide bonds. The van der Waals surface area contributed by atoms with Crippen molar-refractivity contribution >= 4 is 37.8 Å². The van der Waals surface area contributed by atoms with E-state index in [9.17, 15) is 4.79 Å². The van der Waals surface area contributed by atoms with E-state index in [0.29, 0.717) is 17.6 Å². The predicted octanol–water partition coefficient (Wildman–Crippen LogP) is 2.04. The number of nitrogens with zero attached hydrogens (tertiary/aromatic N) is 1. The lowest BCUT2D eigenvalue weighted by Crippen LogP contribution is -2.34. The Morgan fingerprint density at radius 2 is 2.31 bits per heavy atom. The lowest BCUT2D eigenvalue weighted by atomic mass is 10.1. The van der Waals surface area contributed by atoms with Gasteiger partial charge in [-0.05, 0) is 56.8 Å². The van der Waals surface area contributed by atoms with Crippen LogP contribution in [0.4, 0.5) is 0 Å². The first-order chi connectivity index (χ1) is 7.56. The van der Waals surface area contributed by atoms with E-state index in [1.807, 2.05) is 6.07 Å². The van der Waals surface area contributed by atoms with Crippen LogP contribution in [0.1, 0.15) is 12.5 Å². The quantitative estimate of drug-likeness (QED) is 0.666. The van der Waals surface area contributed by atoms with Crippen molar-refractivity contribution in [3.8, 4) is 0 Å². The van der Waals surface area contributed by atoms with Crippen molar-refractivity contribution in [2.75, 3.05) is 6.61 Å². The normalized spacial score (nSPS) is 12.2. The second-order valence-corrected chi connectivity index (χ2v) is 4.68. The fraction of sp³-hybridized carbons (Fsp3) is 0.400. The first kappa shape index (κ1) is 13.6. The number of aromatic nitrogens is 1. The third-order valence-corrected chi connectivity index (χ3v) is 3.97. The Morgan fingerprint density at radius 3 is 2.94 bits per heavy atom. The second-order valence-electron chi connectivity index (χ2n) is 3.14. The number of ether oxygens (including phenoxy) is 1. The third kappa shape index (κ3) is 3.54. The van der Waals surface area contributed by atoms with Crippen LogP contribution >= 0.6 is 31.9 Å². The number of hydrogen-bond donors (Lipinski definition) is 1. The van der Waals surface area contributed by atoms with Gasteiger partial charge in [-0.15, -0.1) is 0 Å². The molecular formula is C10H12Br2N2O2. The van der Waals surface area contributed by atoms with Crippen LogP contribution in [0.5, 0.6) is 0 Å². The van der Waals surface area contributed by atoms with Crippen molar-refractivity contribution in [1.82, 2.24) is 4.98 Å². The monoisotopic (exact) mass is 350 g/mol. The zero-order valence-corrected chi connectivity index (χ0v) is 11.9. The number of halogens is 2. The van der Waals surface area contributed by atoms with Crippen LogP contribution in [-0.2, 0) is 16.0 Å². The summed E-state index contributed by atoms with van der Waals surface area (Å²) in [6.45, 7) is 2.09. The molecule has 1 aromatic heterocycles. The number of nitrogens with two attached hydrogens (primary N) is 1. The number of carbonyl (C=O) groups is 1. The van der Waals surface area contributed by atoms with Gasteiger partial charge >= 0.3 is 5.97 Å². The summed E-state index contributed by atoms with van der Waals surface area (Å²) in [6.07, 6.45) is 2.07. The number of pyridine rings is 1. The fourth-order valence-electron chi connectivity index (χ4n) is 1.18. The summed E-state index contributed by atoms with van der Waals surface area (Å²) in [5, 5.41) is 0. The van der Waals surface area contributed by atoms with E-state index in [4.69, 9.17) is 10.5 Å². The molecule has 0 aromatic carbocycles. The predicted molar refractivity (Wildman–Crippen MR) is 67.9 cm³/mol. The maximum atomic E-state index is 11.4. The summed E-state index contributed by atoms with van der Waals surface area (Å²) in [4.78, 5) is 15.4. The first-order valence-electron chi connectivity index (χ1n) is 4.77. The summed E-state index contributed by atoms with van der Waals surface area (Å²) < 4.78 is 6.35. The average molecular weight is 352 g/mol. The standard InChI is InChI=1S/C10H12Br2N2O2/c1-2-16-10(15)7(13)5-6-3-4-14-9(12)8(6)11/h3-4,7H,2,5,13H2,1H3. The molecule has 1 unspecified atom stereocenters. The van der Waals surface area contributed by atoms with Gasteiger partial charge < -0.3 is 10.5 Å². The summed E-state index contributed by atoms with van der Waals surface area (Å²) in [5.41, 5.74) is 6.64. The molecule has 1 heterocycles. The molecule has 0 fully saturated rings. The van der Waals surface area contributed by atoms with Gasteiger partial charge in [0.25, 0.3) is 0 Å². The van der Waals surface area contributed by atoms with E-state index in [-0.39, 0.29) is 5.97 Å². The number of esters is 1. The molecule has 6 heteroatoms. The molecule has 0 saturated carbocycles. The molecule has 0 aliphatic rings. The molecular weight excluding hydrogens is 340 g/mol. The van der Waals surface area contributed by atoms with Crippen molar-refractivity contribution in [3.63, 3.8) is 0 Å². The summed E-state index contributed by atoms with van der Waals surface area (Å²) in [7, 11) is 0. The van der Waals surface area contributed by atoms with E-state index in [1.165, 1.54) is 0 Å². The Balaban J connectivity index is 2.73. The molecule has 1 rings (SSSR count). The molecule has 0 radical (unpaired) electrons. The van der Waals surface area contributed by atoms with Crippen molar-refractivity contribution in [1.29, 1.82) is 0 Å². The van der Waals surface area contributed by atoms with Crippen LogP contribution in [0, 0.1) is 0 Å². The van der Waals surface area contributed by atoms with Crippen molar-refractivity contribution in [2.24, 2.45) is 5.73 Å². The minimum atomic E-state index is -0.648. The maximum absolute atomic E-state index is 11.4. The van der Waals surface area contributed by atoms with Crippen LogP contribution in [0.2, 0.25) is 0 Å². The van der Waals surface area contributed by atoms with Crippen LogP contribution in [0.25, 0.3) is 0 Å². The van der Waals surface area contributed by atoms with Gasteiger partial charge in [0.1, 0.15) is 10.6 Å². The lowest BCUT2D eigenvalue weighted by molar-refractivity contribution is -0.144. The molecule has 1 atom stereocenters. The number of carbonyl (C=O) groups excluding carboxylic acids is 1. The van der Waals surface area contributed by atoms with Crippen LogP contribution < -0.4 is 5.73 Å². The van der Waals surface area contributed by atoms with Crippen molar-refractivity contribution in [2.45, 2.75) is 19.4 Å². The minimum Gasteiger partial charge on any atom is -0.465 e. The highest BCUT2D eigenvalue weighted by Crippen LogP contribution is 2.25.